The molecule has 0 fully saturated rings. The predicted octanol–water partition coefficient (Wildman–Crippen LogP) is 2.83. The van der Waals surface area contributed by atoms with Gasteiger partial charge < -0.3 is 11.1 Å². The lowest BCUT2D eigenvalue weighted by atomic mass is 9.92. The van der Waals surface area contributed by atoms with Crippen LogP contribution in [0.15, 0.2) is 24.3 Å². The van der Waals surface area contributed by atoms with Crippen LogP contribution in [0.1, 0.15) is 44.9 Å². The van der Waals surface area contributed by atoms with Gasteiger partial charge in [0.15, 0.2) is 0 Å². The van der Waals surface area contributed by atoms with Gasteiger partial charge in [0.1, 0.15) is 0 Å². The Morgan fingerprint density at radius 2 is 1.84 bits per heavy atom. The standard InChI is InChI=1S/C15H24N2O.ClH/c1-5-12-6-8-13(9-7-12)11(2)17-14(18)15(3,4)10-16;/h6-9,11H,5,10,16H2,1-4H3,(H,17,18);1H. The minimum atomic E-state index is -0.516. The molecule has 1 unspecified atom stereocenters. The van der Waals surface area contributed by atoms with Crippen molar-refractivity contribution in [3.8, 4) is 0 Å². The van der Waals surface area contributed by atoms with Crippen molar-refractivity contribution in [2.24, 2.45) is 11.1 Å². The summed E-state index contributed by atoms with van der Waals surface area (Å²) in [5.41, 5.74) is 7.51. The summed E-state index contributed by atoms with van der Waals surface area (Å²) in [5, 5.41) is 3.01. The fourth-order valence-electron chi connectivity index (χ4n) is 1.61. The number of nitrogens with one attached hydrogen (secondary N) is 1. The van der Waals surface area contributed by atoms with Crippen LogP contribution in [0.25, 0.3) is 0 Å². The van der Waals surface area contributed by atoms with Gasteiger partial charge in [-0.15, -0.1) is 12.4 Å². The van der Waals surface area contributed by atoms with Crippen molar-refractivity contribution in [3.05, 3.63) is 35.4 Å². The molecule has 4 heteroatoms. The molecule has 19 heavy (non-hydrogen) atoms. The van der Waals surface area contributed by atoms with E-state index in [4.69, 9.17) is 5.73 Å². The highest BCUT2D eigenvalue weighted by Crippen LogP contribution is 2.18. The molecule has 0 radical (unpaired) electrons. The number of hydrogen-bond donors (Lipinski definition) is 2. The van der Waals surface area contributed by atoms with Crippen molar-refractivity contribution in [1.29, 1.82) is 0 Å². The van der Waals surface area contributed by atoms with Crippen LogP contribution in [0.3, 0.4) is 0 Å². The monoisotopic (exact) mass is 284 g/mol. The SMILES string of the molecule is CCc1ccc(C(C)NC(=O)C(C)(C)CN)cc1.Cl. The Morgan fingerprint density at radius 1 is 1.32 bits per heavy atom. The van der Waals surface area contributed by atoms with E-state index in [1.54, 1.807) is 0 Å². The minimum Gasteiger partial charge on any atom is -0.349 e. The topological polar surface area (TPSA) is 55.1 Å². The fourth-order valence-corrected chi connectivity index (χ4v) is 1.61. The molecule has 0 saturated carbocycles. The maximum Gasteiger partial charge on any atom is 0.227 e. The van der Waals surface area contributed by atoms with Crippen molar-refractivity contribution >= 4 is 18.3 Å². The number of carbonyl (C=O) groups is 1. The van der Waals surface area contributed by atoms with Gasteiger partial charge in [-0.25, -0.2) is 0 Å². The van der Waals surface area contributed by atoms with E-state index in [9.17, 15) is 4.79 Å². The molecular weight excluding hydrogens is 260 g/mol. The van der Waals surface area contributed by atoms with Crippen LogP contribution in [0.4, 0.5) is 0 Å². The lowest BCUT2D eigenvalue weighted by Crippen LogP contribution is -2.42. The van der Waals surface area contributed by atoms with Crippen molar-refractivity contribution < 1.29 is 4.79 Å². The second-order valence-electron chi connectivity index (χ2n) is 5.38. The van der Waals surface area contributed by atoms with Crippen LogP contribution < -0.4 is 11.1 Å². The van der Waals surface area contributed by atoms with Gasteiger partial charge in [-0.3, -0.25) is 4.79 Å². The molecule has 0 saturated heterocycles. The molecule has 0 aliphatic carbocycles. The lowest BCUT2D eigenvalue weighted by molar-refractivity contribution is -0.129. The van der Waals surface area contributed by atoms with Crippen LogP contribution >= 0.6 is 12.4 Å². The normalized spacial score (nSPS) is 12.5. The smallest absolute Gasteiger partial charge is 0.227 e. The van der Waals surface area contributed by atoms with E-state index in [0.717, 1.165) is 12.0 Å². The van der Waals surface area contributed by atoms with E-state index in [-0.39, 0.29) is 24.4 Å². The van der Waals surface area contributed by atoms with Gasteiger partial charge in [-0.2, -0.15) is 0 Å². The number of rotatable bonds is 5. The Bertz CT molecular complexity index is 401. The largest absolute Gasteiger partial charge is 0.349 e. The molecule has 1 aromatic carbocycles. The van der Waals surface area contributed by atoms with E-state index in [1.807, 2.05) is 20.8 Å². The summed E-state index contributed by atoms with van der Waals surface area (Å²) >= 11 is 0. The van der Waals surface area contributed by atoms with Crippen LogP contribution in [0.5, 0.6) is 0 Å². The first-order valence-electron chi connectivity index (χ1n) is 6.50. The molecule has 3 N–H and O–H groups in total. The van der Waals surface area contributed by atoms with Gasteiger partial charge in [-0.05, 0) is 38.3 Å². The number of nitrogens with two attached hydrogens (primary N) is 1. The number of amides is 1. The Balaban J connectivity index is 0.00000324. The Hall–Kier alpha value is -1.06. The predicted molar refractivity (Wildman–Crippen MR) is 82.5 cm³/mol. The summed E-state index contributed by atoms with van der Waals surface area (Å²) in [6.45, 7) is 8.18. The summed E-state index contributed by atoms with van der Waals surface area (Å²) < 4.78 is 0. The van der Waals surface area contributed by atoms with Gasteiger partial charge in [0.25, 0.3) is 0 Å². The van der Waals surface area contributed by atoms with E-state index >= 15 is 0 Å². The number of benzene rings is 1. The first-order chi connectivity index (χ1) is 8.40. The number of carbonyl (C=O) groups excluding carboxylic acids is 1. The molecule has 0 aliphatic rings. The van der Waals surface area contributed by atoms with Crippen LogP contribution in [0.2, 0.25) is 0 Å². The second kappa shape index (κ2) is 7.51. The third kappa shape index (κ3) is 4.84. The summed E-state index contributed by atoms with van der Waals surface area (Å²) in [4.78, 5) is 12.0. The molecule has 0 aromatic heterocycles. The third-order valence-electron chi connectivity index (χ3n) is 3.36. The summed E-state index contributed by atoms with van der Waals surface area (Å²) in [6, 6.07) is 8.35. The highest BCUT2D eigenvalue weighted by Gasteiger charge is 2.26. The molecule has 0 heterocycles. The van der Waals surface area contributed by atoms with Crippen molar-refractivity contribution in [1.82, 2.24) is 5.32 Å². The highest BCUT2D eigenvalue weighted by atomic mass is 35.5. The molecule has 0 bridgehead atoms. The Morgan fingerprint density at radius 3 is 2.26 bits per heavy atom. The van der Waals surface area contributed by atoms with Crippen LogP contribution in [-0.2, 0) is 11.2 Å². The number of aryl methyl sites for hydroxylation is 1. The van der Waals surface area contributed by atoms with Crippen molar-refractivity contribution in [2.75, 3.05) is 6.54 Å². The zero-order valence-corrected chi connectivity index (χ0v) is 13.0. The van der Waals surface area contributed by atoms with Gasteiger partial charge in [-0.1, -0.05) is 31.2 Å². The molecule has 1 rings (SSSR count). The van der Waals surface area contributed by atoms with Gasteiger partial charge in [0, 0.05) is 6.54 Å². The average Bonchev–Trinajstić information content (AvgIpc) is 2.38. The average molecular weight is 285 g/mol. The molecule has 3 nitrogen and oxygen atoms in total. The van der Waals surface area contributed by atoms with Gasteiger partial charge in [0.2, 0.25) is 5.91 Å². The van der Waals surface area contributed by atoms with Crippen molar-refractivity contribution in [2.45, 2.75) is 40.2 Å². The van der Waals surface area contributed by atoms with E-state index < -0.39 is 5.41 Å². The van der Waals surface area contributed by atoms with Crippen molar-refractivity contribution in [3.63, 3.8) is 0 Å². The molecule has 0 spiro atoms. The molecular formula is C15H25ClN2O. The van der Waals surface area contributed by atoms with Crippen LogP contribution in [0, 0.1) is 5.41 Å². The summed E-state index contributed by atoms with van der Waals surface area (Å²) in [7, 11) is 0. The third-order valence-corrected chi connectivity index (χ3v) is 3.36. The first-order valence-corrected chi connectivity index (χ1v) is 6.50. The number of hydrogen-bond acceptors (Lipinski definition) is 2. The van der Waals surface area contributed by atoms with E-state index in [0.29, 0.717) is 6.54 Å². The molecule has 0 aliphatic heterocycles. The number of halogens is 1. The van der Waals surface area contributed by atoms with E-state index in [1.165, 1.54) is 5.56 Å². The van der Waals surface area contributed by atoms with E-state index in [2.05, 4.69) is 36.5 Å². The minimum absolute atomic E-state index is 0. The second-order valence-corrected chi connectivity index (χ2v) is 5.38. The van der Waals surface area contributed by atoms with Gasteiger partial charge in [0.05, 0.1) is 11.5 Å². The highest BCUT2D eigenvalue weighted by molar-refractivity contribution is 5.85. The fraction of sp³-hybridized carbons (Fsp3) is 0.533. The van der Waals surface area contributed by atoms with Crippen LogP contribution in [-0.4, -0.2) is 12.5 Å². The summed E-state index contributed by atoms with van der Waals surface area (Å²) in [6.07, 6.45) is 1.03. The Labute approximate surface area is 122 Å². The quantitative estimate of drug-likeness (QED) is 0.873. The molecule has 1 amide bonds. The molecule has 108 valence electrons. The maximum absolute atomic E-state index is 12.0. The first kappa shape index (κ1) is 17.9. The van der Waals surface area contributed by atoms with Gasteiger partial charge >= 0.3 is 0 Å². The zero-order valence-electron chi connectivity index (χ0n) is 12.2. The molecule has 1 aromatic rings. The summed E-state index contributed by atoms with van der Waals surface area (Å²) in [5.74, 6) is -0.00271. The zero-order chi connectivity index (χ0) is 13.8. The molecule has 1 atom stereocenters. The Kier molecular flexibility index (Phi) is 7.09. The maximum atomic E-state index is 12.0. The lowest BCUT2D eigenvalue weighted by Gasteiger charge is -2.24.